The lowest BCUT2D eigenvalue weighted by Crippen LogP contribution is -2.40. The van der Waals surface area contributed by atoms with Crippen molar-refractivity contribution in [3.63, 3.8) is 0 Å². The number of benzene rings is 1. The van der Waals surface area contributed by atoms with E-state index in [9.17, 15) is 4.79 Å². The van der Waals surface area contributed by atoms with E-state index in [0.29, 0.717) is 37.1 Å². The number of hydrogen-bond donors (Lipinski definition) is 0. The van der Waals surface area contributed by atoms with Gasteiger partial charge in [-0.2, -0.15) is 0 Å². The molecule has 0 unspecified atom stereocenters. The summed E-state index contributed by atoms with van der Waals surface area (Å²) in [7, 11) is 0. The third-order valence-electron chi connectivity index (χ3n) is 5.38. The summed E-state index contributed by atoms with van der Waals surface area (Å²) < 4.78 is 5.32. The molecule has 6 heteroatoms. The average Bonchev–Trinajstić information content (AvgIpc) is 2.76. The molecule has 2 aliphatic rings. The molecule has 148 valence electrons. The SMILES string of the molecule is Cc1ccc(SC2CCN(c3ccc(C(=O)N4CCOCC4)cn3)CC2)cc1. The van der Waals surface area contributed by atoms with E-state index in [2.05, 4.69) is 41.1 Å². The third-order valence-corrected chi connectivity index (χ3v) is 6.73. The highest BCUT2D eigenvalue weighted by Crippen LogP contribution is 2.31. The van der Waals surface area contributed by atoms with Crippen LogP contribution in [0.4, 0.5) is 5.82 Å². The van der Waals surface area contributed by atoms with E-state index < -0.39 is 0 Å². The van der Waals surface area contributed by atoms with Crippen LogP contribution in [0.25, 0.3) is 0 Å². The topological polar surface area (TPSA) is 45.7 Å². The minimum absolute atomic E-state index is 0.0514. The van der Waals surface area contributed by atoms with Gasteiger partial charge in [0, 0.05) is 42.5 Å². The van der Waals surface area contributed by atoms with E-state index in [4.69, 9.17) is 4.74 Å². The summed E-state index contributed by atoms with van der Waals surface area (Å²) in [6, 6.07) is 12.7. The number of aromatic nitrogens is 1. The van der Waals surface area contributed by atoms with Crippen molar-refractivity contribution in [3.05, 3.63) is 53.7 Å². The van der Waals surface area contributed by atoms with E-state index in [1.165, 1.54) is 10.5 Å². The van der Waals surface area contributed by atoms with Crippen LogP contribution in [0, 0.1) is 6.92 Å². The van der Waals surface area contributed by atoms with Crippen LogP contribution in [0.15, 0.2) is 47.5 Å². The fraction of sp³-hybridized carbons (Fsp3) is 0.455. The number of nitrogens with zero attached hydrogens (tertiary/aromatic N) is 3. The molecule has 0 atom stereocenters. The lowest BCUT2D eigenvalue weighted by Gasteiger charge is -2.32. The second-order valence-corrected chi connectivity index (χ2v) is 8.80. The van der Waals surface area contributed by atoms with Crippen molar-refractivity contribution < 1.29 is 9.53 Å². The van der Waals surface area contributed by atoms with Crippen LogP contribution in [0.3, 0.4) is 0 Å². The highest BCUT2D eigenvalue weighted by molar-refractivity contribution is 8.00. The molecule has 2 aliphatic heterocycles. The monoisotopic (exact) mass is 397 g/mol. The molecular formula is C22H27N3O2S. The first-order valence-corrected chi connectivity index (χ1v) is 10.9. The number of carbonyl (C=O) groups excluding carboxylic acids is 1. The van der Waals surface area contributed by atoms with Crippen molar-refractivity contribution in [1.82, 2.24) is 9.88 Å². The van der Waals surface area contributed by atoms with Gasteiger partial charge in [0.2, 0.25) is 0 Å². The Kier molecular flexibility index (Phi) is 6.17. The van der Waals surface area contributed by atoms with Crippen molar-refractivity contribution in [2.75, 3.05) is 44.3 Å². The molecule has 0 saturated carbocycles. The Morgan fingerprint density at radius 3 is 2.39 bits per heavy atom. The number of anilines is 1. The molecule has 0 N–H and O–H groups in total. The zero-order valence-corrected chi connectivity index (χ0v) is 17.2. The summed E-state index contributed by atoms with van der Waals surface area (Å²) in [5, 5.41) is 0.654. The van der Waals surface area contributed by atoms with Gasteiger partial charge in [0.25, 0.3) is 5.91 Å². The lowest BCUT2D eigenvalue weighted by molar-refractivity contribution is 0.0302. The third kappa shape index (κ3) is 4.67. The zero-order chi connectivity index (χ0) is 19.3. The van der Waals surface area contributed by atoms with E-state index in [0.717, 1.165) is 31.7 Å². The van der Waals surface area contributed by atoms with Crippen molar-refractivity contribution >= 4 is 23.5 Å². The average molecular weight is 398 g/mol. The number of morpholine rings is 1. The summed E-state index contributed by atoms with van der Waals surface area (Å²) in [5.74, 6) is 1.02. The summed E-state index contributed by atoms with van der Waals surface area (Å²) in [5.41, 5.74) is 1.97. The minimum atomic E-state index is 0.0514. The number of carbonyl (C=O) groups is 1. The second kappa shape index (κ2) is 8.97. The summed E-state index contributed by atoms with van der Waals surface area (Å²) in [6.07, 6.45) is 4.02. The highest BCUT2D eigenvalue weighted by atomic mass is 32.2. The number of rotatable bonds is 4. The molecule has 0 bridgehead atoms. The van der Waals surface area contributed by atoms with E-state index >= 15 is 0 Å². The molecule has 4 rings (SSSR count). The van der Waals surface area contributed by atoms with E-state index in [1.54, 1.807) is 6.20 Å². The molecule has 1 aromatic heterocycles. The molecule has 0 radical (unpaired) electrons. The maximum Gasteiger partial charge on any atom is 0.255 e. The van der Waals surface area contributed by atoms with Crippen molar-refractivity contribution in [1.29, 1.82) is 0 Å². The van der Waals surface area contributed by atoms with Crippen LogP contribution in [0.1, 0.15) is 28.8 Å². The van der Waals surface area contributed by atoms with Crippen molar-refractivity contribution in [3.8, 4) is 0 Å². The van der Waals surface area contributed by atoms with Crippen LogP contribution in [-0.4, -0.2) is 60.4 Å². The van der Waals surface area contributed by atoms with Crippen molar-refractivity contribution in [2.24, 2.45) is 0 Å². The first kappa shape index (κ1) is 19.3. The predicted octanol–water partition coefficient (Wildman–Crippen LogP) is 3.62. The Hall–Kier alpha value is -2.05. The molecule has 2 aromatic rings. The van der Waals surface area contributed by atoms with Gasteiger partial charge >= 0.3 is 0 Å². The van der Waals surface area contributed by atoms with Gasteiger partial charge in [-0.25, -0.2) is 4.98 Å². The fourth-order valence-electron chi connectivity index (χ4n) is 3.66. The minimum Gasteiger partial charge on any atom is -0.378 e. The van der Waals surface area contributed by atoms with Gasteiger partial charge < -0.3 is 14.5 Å². The Balaban J connectivity index is 1.30. The number of pyridine rings is 1. The number of hydrogen-bond acceptors (Lipinski definition) is 5. The van der Waals surface area contributed by atoms with Crippen LogP contribution in [-0.2, 0) is 4.74 Å². The van der Waals surface area contributed by atoms with Gasteiger partial charge in [-0.05, 0) is 44.0 Å². The Morgan fingerprint density at radius 2 is 1.75 bits per heavy atom. The number of aryl methyl sites for hydroxylation is 1. The van der Waals surface area contributed by atoms with Gasteiger partial charge in [0.15, 0.2) is 0 Å². The van der Waals surface area contributed by atoms with Gasteiger partial charge in [0.05, 0.1) is 18.8 Å². The zero-order valence-electron chi connectivity index (χ0n) is 16.3. The predicted molar refractivity (Wildman–Crippen MR) is 113 cm³/mol. The maximum atomic E-state index is 12.5. The normalized spacial score (nSPS) is 18.3. The van der Waals surface area contributed by atoms with Crippen molar-refractivity contribution in [2.45, 2.75) is 29.9 Å². The van der Waals surface area contributed by atoms with Gasteiger partial charge in [-0.1, -0.05) is 17.7 Å². The molecule has 5 nitrogen and oxygen atoms in total. The first-order valence-electron chi connectivity index (χ1n) is 10.0. The molecule has 1 aromatic carbocycles. The van der Waals surface area contributed by atoms with Crippen LogP contribution < -0.4 is 4.90 Å². The fourth-order valence-corrected chi connectivity index (χ4v) is 4.79. The molecular weight excluding hydrogens is 370 g/mol. The molecule has 28 heavy (non-hydrogen) atoms. The summed E-state index contributed by atoms with van der Waals surface area (Å²) in [4.78, 5) is 22.6. The number of thioether (sulfide) groups is 1. The number of amides is 1. The Bertz CT molecular complexity index is 780. The van der Waals surface area contributed by atoms with Gasteiger partial charge in [-0.3, -0.25) is 4.79 Å². The highest BCUT2D eigenvalue weighted by Gasteiger charge is 2.22. The van der Waals surface area contributed by atoms with Crippen LogP contribution in [0.2, 0.25) is 0 Å². The molecule has 3 heterocycles. The number of ether oxygens (including phenoxy) is 1. The molecule has 1 amide bonds. The quantitative estimate of drug-likeness (QED) is 0.788. The van der Waals surface area contributed by atoms with Crippen LogP contribution >= 0.6 is 11.8 Å². The number of piperidine rings is 1. The van der Waals surface area contributed by atoms with E-state index in [1.807, 2.05) is 28.8 Å². The second-order valence-electron chi connectivity index (χ2n) is 7.43. The Labute approximate surface area is 171 Å². The van der Waals surface area contributed by atoms with Gasteiger partial charge in [0.1, 0.15) is 5.82 Å². The molecule has 0 aliphatic carbocycles. The smallest absolute Gasteiger partial charge is 0.255 e. The summed E-state index contributed by atoms with van der Waals surface area (Å²) >= 11 is 1.99. The van der Waals surface area contributed by atoms with Crippen LogP contribution in [0.5, 0.6) is 0 Å². The largest absolute Gasteiger partial charge is 0.378 e. The Morgan fingerprint density at radius 1 is 1.04 bits per heavy atom. The first-order chi connectivity index (χ1) is 13.7. The lowest BCUT2D eigenvalue weighted by atomic mass is 10.1. The van der Waals surface area contributed by atoms with E-state index in [-0.39, 0.29) is 5.91 Å². The van der Waals surface area contributed by atoms with Gasteiger partial charge in [-0.15, -0.1) is 11.8 Å². The molecule has 2 fully saturated rings. The maximum absolute atomic E-state index is 12.5. The standard InChI is InChI=1S/C22H27N3O2S/c1-17-2-5-19(6-3-17)28-20-8-10-24(11-9-20)21-7-4-18(16-23-21)22(26)25-12-14-27-15-13-25/h2-7,16,20H,8-15H2,1H3. The molecule has 0 spiro atoms. The summed E-state index contributed by atoms with van der Waals surface area (Å²) in [6.45, 7) is 6.69. The molecule has 2 saturated heterocycles.